The van der Waals surface area contributed by atoms with Crippen molar-refractivity contribution in [3.05, 3.63) is 65.6 Å². The van der Waals surface area contributed by atoms with Crippen molar-refractivity contribution in [3.63, 3.8) is 0 Å². The van der Waals surface area contributed by atoms with E-state index in [1.807, 2.05) is 18.2 Å². The monoisotopic (exact) mass is 449 g/mol. The number of benzene rings is 2. The number of aromatic amines is 1. The maximum Gasteiger partial charge on any atom is 0.256 e. The van der Waals surface area contributed by atoms with Gasteiger partial charge in [-0.3, -0.25) is 4.79 Å². The van der Waals surface area contributed by atoms with Crippen molar-refractivity contribution in [2.75, 3.05) is 30.3 Å². The average molecular weight is 450 g/mol. The largest absolute Gasteiger partial charge is 0.382 e. The average Bonchev–Trinajstić information content (AvgIpc) is 3.41. The third-order valence-corrected chi connectivity index (χ3v) is 6.30. The van der Waals surface area contributed by atoms with Crippen LogP contribution in [0.5, 0.6) is 0 Å². The molecule has 0 saturated carbocycles. The summed E-state index contributed by atoms with van der Waals surface area (Å²) in [5.74, 6) is -1.58. The van der Waals surface area contributed by atoms with Crippen molar-refractivity contribution in [1.29, 1.82) is 0 Å². The van der Waals surface area contributed by atoms with Gasteiger partial charge >= 0.3 is 0 Å². The fraction of sp³-hybridized carbons (Fsp3) is 0.280. The molecule has 1 fully saturated rings. The molecular formula is C25H25F2N5O. The molecule has 2 aliphatic rings. The second-order valence-corrected chi connectivity index (χ2v) is 8.43. The van der Waals surface area contributed by atoms with Crippen LogP contribution in [-0.2, 0) is 4.79 Å². The quantitative estimate of drug-likeness (QED) is 0.492. The molecule has 0 aliphatic carbocycles. The molecule has 3 aromatic rings. The number of fused-ring (bicyclic) bond motifs is 1. The van der Waals surface area contributed by atoms with Crippen LogP contribution in [0.25, 0.3) is 22.9 Å². The topological polar surface area (TPSA) is 73.0 Å². The highest BCUT2D eigenvalue weighted by Crippen LogP contribution is 2.35. The van der Waals surface area contributed by atoms with Gasteiger partial charge in [0, 0.05) is 47.8 Å². The van der Waals surface area contributed by atoms with Crippen LogP contribution in [0.15, 0.2) is 42.6 Å². The van der Waals surface area contributed by atoms with E-state index in [-0.39, 0.29) is 5.91 Å². The Balaban J connectivity index is 1.37. The van der Waals surface area contributed by atoms with Crippen LogP contribution in [0.4, 0.5) is 20.2 Å². The number of carbonyl (C=O) groups is 1. The highest BCUT2D eigenvalue weighted by atomic mass is 19.2. The Bertz CT molecular complexity index is 1230. The first kappa shape index (κ1) is 21.3. The number of aromatic nitrogens is 2. The van der Waals surface area contributed by atoms with E-state index < -0.39 is 11.6 Å². The molecule has 3 heterocycles. The van der Waals surface area contributed by atoms with Gasteiger partial charge < -0.3 is 20.5 Å². The van der Waals surface area contributed by atoms with Gasteiger partial charge in [-0.1, -0.05) is 6.92 Å². The number of amides is 1. The number of nitrogens with zero attached hydrogens (tertiary/aromatic N) is 2. The number of piperidine rings is 1. The molecule has 8 heteroatoms. The van der Waals surface area contributed by atoms with E-state index >= 15 is 0 Å². The van der Waals surface area contributed by atoms with Crippen molar-refractivity contribution in [1.82, 2.24) is 14.9 Å². The number of imidazole rings is 1. The summed E-state index contributed by atoms with van der Waals surface area (Å²) in [6, 6.07) is 9.93. The minimum Gasteiger partial charge on any atom is -0.382 e. The van der Waals surface area contributed by atoms with Crippen LogP contribution in [-0.4, -0.2) is 46.5 Å². The molecule has 5 rings (SSSR count). The lowest BCUT2D eigenvalue weighted by Gasteiger charge is -2.32. The number of halogens is 2. The summed E-state index contributed by atoms with van der Waals surface area (Å²) in [6.07, 6.45) is 5.45. The lowest BCUT2D eigenvalue weighted by molar-refractivity contribution is -0.110. The molecule has 2 aromatic carbocycles. The van der Waals surface area contributed by atoms with Gasteiger partial charge in [0.15, 0.2) is 11.6 Å². The molecule has 1 saturated heterocycles. The van der Waals surface area contributed by atoms with Gasteiger partial charge in [-0.2, -0.15) is 0 Å². The molecule has 0 spiro atoms. The molecule has 0 atom stereocenters. The molecule has 0 unspecified atom stereocenters. The summed E-state index contributed by atoms with van der Waals surface area (Å²) in [4.78, 5) is 22.5. The predicted molar refractivity (Wildman–Crippen MR) is 126 cm³/mol. The van der Waals surface area contributed by atoms with Gasteiger partial charge in [-0.05, 0) is 61.9 Å². The number of nitrogens with one attached hydrogen (secondary N) is 3. The summed E-state index contributed by atoms with van der Waals surface area (Å²) < 4.78 is 26.8. The van der Waals surface area contributed by atoms with E-state index in [0.29, 0.717) is 28.7 Å². The van der Waals surface area contributed by atoms with Gasteiger partial charge in [-0.25, -0.2) is 13.8 Å². The van der Waals surface area contributed by atoms with Crippen molar-refractivity contribution in [3.8, 4) is 11.3 Å². The third-order valence-electron chi connectivity index (χ3n) is 6.30. The Morgan fingerprint density at radius 3 is 2.73 bits per heavy atom. The van der Waals surface area contributed by atoms with Crippen LogP contribution in [0, 0.1) is 11.6 Å². The third kappa shape index (κ3) is 4.39. The number of anilines is 2. The Labute approximate surface area is 190 Å². The molecule has 2 aliphatic heterocycles. The minimum atomic E-state index is -0.931. The molecule has 6 nitrogen and oxygen atoms in total. The maximum absolute atomic E-state index is 13.6. The van der Waals surface area contributed by atoms with Crippen LogP contribution in [0.3, 0.4) is 0 Å². The lowest BCUT2D eigenvalue weighted by Crippen LogP contribution is -2.38. The fourth-order valence-corrected chi connectivity index (χ4v) is 4.40. The first-order valence-electron chi connectivity index (χ1n) is 11.2. The smallest absolute Gasteiger partial charge is 0.256 e. The second-order valence-electron chi connectivity index (χ2n) is 8.43. The first-order valence-corrected chi connectivity index (χ1v) is 11.2. The summed E-state index contributed by atoms with van der Waals surface area (Å²) in [6.45, 7) is 5.44. The summed E-state index contributed by atoms with van der Waals surface area (Å²) in [5, 5.41) is 6.50. The highest BCUT2D eigenvalue weighted by molar-refractivity contribution is 6.34. The SMILES string of the molecule is CCN1CCC(Nc2ccc3c(c2)/C(=C/c2nc(-c4ccc(F)c(F)c4)c[nH]2)C(=O)N3)CC1. The van der Waals surface area contributed by atoms with E-state index in [2.05, 4.69) is 32.4 Å². The van der Waals surface area contributed by atoms with Crippen LogP contribution < -0.4 is 10.6 Å². The Morgan fingerprint density at radius 2 is 1.97 bits per heavy atom. The highest BCUT2D eigenvalue weighted by Gasteiger charge is 2.26. The minimum absolute atomic E-state index is 0.204. The van der Waals surface area contributed by atoms with Crippen LogP contribution >= 0.6 is 0 Å². The number of rotatable bonds is 5. The molecular weight excluding hydrogens is 424 g/mol. The molecule has 33 heavy (non-hydrogen) atoms. The van der Waals surface area contributed by atoms with Crippen LogP contribution in [0.2, 0.25) is 0 Å². The number of H-pyrrole nitrogens is 1. The van der Waals surface area contributed by atoms with Crippen molar-refractivity contribution in [2.24, 2.45) is 0 Å². The summed E-state index contributed by atoms with van der Waals surface area (Å²) in [5.41, 5.74) is 3.96. The zero-order chi connectivity index (χ0) is 22.9. The molecule has 170 valence electrons. The lowest BCUT2D eigenvalue weighted by atomic mass is 10.0. The molecule has 1 amide bonds. The van der Waals surface area contributed by atoms with Gasteiger partial charge in [0.1, 0.15) is 5.82 Å². The fourth-order valence-electron chi connectivity index (χ4n) is 4.40. The maximum atomic E-state index is 13.6. The molecule has 1 aromatic heterocycles. The molecule has 0 radical (unpaired) electrons. The van der Waals surface area contributed by atoms with Gasteiger partial charge in [-0.15, -0.1) is 0 Å². The van der Waals surface area contributed by atoms with E-state index in [4.69, 9.17) is 0 Å². The van der Waals surface area contributed by atoms with E-state index in [9.17, 15) is 13.6 Å². The zero-order valence-electron chi connectivity index (χ0n) is 18.3. The Morgan fingerprint density at radius 1 is 1.15 bits per heavy atom. The Hall–Kier alpha value is -3.52. The number of hydrogen-bond acceptors (Lipinski definition) is 4. The number of carbonyl (C=O) groups excluding carboxylic acids is 1. The zero-order valence-corrected chi connectivity index (χ0v) is 18.3. The van der Waals surface area contributed by atoms with Crippen molar-refractivity contribution < 1.29 is 13.6 Å². The van der Waals surface area contributed by atoms with E-state index in [1.165, 1.54) is 6.07 Å². The normalized spacial score (nSPS) is 17.9. The van der Waals surface area contributed by atoms with E-state index in [1.54, 1.807) is 12.3 Å². The standard InChI is InChI=1S/C25H25F2N5O/c1-2-32-9-7-16(8-10-32)29-17-4-6-22-18(12-17)19(25(33)31-22)13-24-28-14-23(30-24)15-3-5-20(26)21(27)11-15/h3-6,11-14,16,29H,2,7-10H2,1H3,(H,28,30)(H,31,33)/b19-13-. The second kappa shape index (κ2) is 8.78. The van der Waals surface area contributed by atoms with Crippen molar-refractivity contribution in [2.45, 2.75) is 25.8 Å². The number of hydrogen-bond donors (Lipinski definition) is 3. The van der Waals surface area contributed by atoms with Crippen LogP contribution in [0.1, 0.15) is 31.2 Å². The summed E-state index contributed by atoms with van der Waals surface area (Å²) in [7, 11) is 0. The van der Waals surface area contributed by atoms with E-state index in [0.717, 1.165) is 61.5 Å². The predicted octanol–water partition coefficient (Wildman–Crippen LogP) is 4.74. The molecule has 3 N–H and O–H groups in total. The number of likely N-dealkylation sites (tertiary alicyclic amines) is 1. The van der Waals surface area contributed by atoms with Crippen molar-refractivity contribution >= 4 is 28.9 Å². The van der Waals surface area contributed by atoms with Gasteiger partial charge in [0.25, 0.3) is 5.91 Å². The van der Waals surface area contributed by atoms with Gasteiger partial charge in [0.05, 0.1) is 11.3 Å². The Kier molecular flexibility index (Phi) is 5.68. The van der Waals surface area contributed by atoms with Gasteiger partial charge in [0.2, 0.25) is 0 Å². The summed E-state index contributed by atoms with van der Waals surface area (Å²) >= 11 is 0. The molecule has 0 bridgehead atoms. The first-order chi connectivity index (χ1) is 16.0.